The summed E-state index contributed by atoms with van der Waals surface area (Å²) in [4.78, 5) is 11.2. The molecule has 7 heteroatoms. The minimum absolute atomic E-state index is 0.581. The van der Waals surface area contributed by atoms with Crippen LogP contribution in [0.3, 0.4) is 0 Å². The molecule has 0 aliphatic carbocycles. The molecule has 2 aromatic heterocycles. The second kappa shape index (κ2) is 5.66. The minimum Gasteiger partial charge on any atom is -0.298 e. The minimum atomic E-state index is 0.581. The van der Waals surface area contributed by atoms with E-state index in [-0.39, 0.29) is 0 Å². The summed E-state index contributed by atoms with van der Waals surface area (Å²) in [5.41, 5.74) is 2.94. The zero-order valence-electron chi connectivity index (χ0n) is 11.5. The predicted molar refractivity (Wildman–Crippen MR) is 76.1 cm³/mol. The molecule has 0 amide bonds. The highest BCUT2D eigenvalue weighted by molar-refractivity contribution is 5.85. The van der Waals surface area contributed by atoms with Gasteiger partial charge in [-0.2, -0.15) is 5.10 Å². The van der Waals surface area contributed by atoms with Gasteiger partial charge in [0, 0.05) is 18.3 Å². The molecule has 0 atom stereocenters. The lowest BCUT2D eigenvalue weighted by Crippen LogP contribution is -1.97. The van der Waals surface area contributed by atoms with Crippen molar-refractivity contribution in [2.45, 2.75) is 19.9 Å². The number of tetrazole rings is 1. The van der Waals surface area contributed by atoms with E-state index in [1.165, 1.54) is 6.33 Å². The SMILES string of the molecule is CCCn1cc(C=O)c(-c2cccc(-n3cnnn3)c2)n1. The number of aldehydes is 1. The summed E-state index contributed by atoms with van der Waals surface area (Å²) in [6, 6.07) is 7.60. The van der Waals surface area contributed by atoms with Crippen molar-refractivity contribution in [3.05, 3.63) is 42.4 Å². The topological polar surface area (TPSA) is 78.5 Å². The third-order valence-corrected chi connectivity index (χ3v) is 3.10. The first-order valence-electron chi connectivity index (χ1n) is 6.68. The molecule has 2 heterocycles. The molecule has 21 heavy (non-hydrogen) atoms. The molecule has 0 saturated carbocycles. The Hall–Kier alpha value is -2.83. The fourth-order valence-electron chi connectivity index (χ4n) is 2.17. The molecule has 106 valence electrons. The molecule has 0 unspecified atom stereocenters. The number of rotatable bonds is 5. The van der Waals surface area contributed by atoms with Gasteiger partial charge in [-0.15, -0.1) is 5.10 Å². The van der Waals surface area contributed by atoms with E-state index in [4.69, 9.17) is 0 Å². The zero-order valence-corrected chi connectivity index (χ0v) is 11.5. The highest BCUT2D eigenvalue weighted by Crippen LogP contribution is 2.23. The number of carbonyl (C=O) groups is 1. The lowest BCUT2D eigenvalue weighted by atomic mass is 10.1. The smallest absolute Gasteiger partial charge is 0.153 e. The maximum absolute atomic E-state index is 11.2. The van der Waals surface area contributed by atoms with Crippen LogP contribution in [0, 0.1) is 0 Å². The van der Waals surface area contributed by atoms with Crippen LogP contribution in [0.25, 0.3) is 16.9 Å². The Balaban J connectivity index is 2.04. The van der Waals surface area contributed by atoms with Crippen LogP contribution in [-0.2, 0) is 6.54 Å². The molecule has 7 nitrogen and oxygen atoms in total. The van der Waals surface area contributed by atoms with E-state index >= 15 is 0 Å². The van der Waals surface area contributed by atoms with Crippen LogP contribution < -0.4 is 0 Å². The first-order chi connectivity index (χ1) is 10.3. The van der Waals surface area contributed by atoms with E-state index in [9.17, 15) is 4.79 Å². The molecule has 0 aliphatic rings. The van der Waals surface area contributed by atoms with Crippen LogP contribution in [0.1, 0.15) is 23.7 Å². The number of aryl methyl sites for hydroxylation is 1. The van der Waals surface area contributed by atoms with Crippen molar-refractivity contribution >= 4 is 6.29 Å². The van der Waals surface area contributed by atoms with Crippen LogP contribution in [0.2, 0.25) is 0 Å². The van der Waals surface area contributed by atoms with E-state index in [0.29, 0.717) is 11.3 Å². The summed E-state index contributed by atoms with van der Waals surface area (Å²) in [6.07, 6.45) is 5.09. The summed E-state index contributed by atoms with van der Waals surface area (Å²) < 4.78 is 3.36. The molecule has 0 saturated heterocycles. The molecule has 0 aliphatic heterocycles. The number of aromatic nitrogens is 6. The van der Waals surface area contributed by atoms with Crippen LogP contribution in [0.15, 0.2) is 36.8 Å². The highest BCUT2D eigenvalue weighted by atomic mass is 16.1. The molecule has 1 aromatic carbocycles. The van der Waals surface area contributed by atoms with Crippen molar-refractivity contribution in [1.29, 1.82) is 0 Å². The van der Waals surface area contributed by atoms with E-state index in [0.717, 1.165) is 30.5 Å². The number of nitrogens with zero attached hydrogens (tertiary/aromatic N) is 6. The first kappa shape index (κ1) is 13.2. The third-order valence-electron chi connectivity index (χ3n) is 3.10. The molecule has 3 aromatic rings. The lowest BCUT2D eigenvalue weighted by molar-refractivity contribution is 0.112. The van der Waals surface area contributed by atoms with Crippen LogP contribution in [-0.4, -0.2) is 36.3 Å². The van der Waals surface area contributed by atoms with Gasteiger partial charge in [0.1, 0.15) is 12.0 Å². The fourth-order valence-corrected chi connectivity index (χ4v) is 2.17. The Morgan fingerprint density at radius 1 is 1.33 bits per heavy atom. The molecular weight excluding hydrogens is 268 g/mol. The van der Waals surface area contributed by atoms with Gasteiger partial charge in [-0.3, -0.25) is 9.48 Å². The molecule has 0 radical (unpaired) electrons. The number of carbonyl (C=O) groups excluding carboxylic acids is 1. The Kier molecular flexibility index (Phi) is 3.55. The van der Waals surface area contributed by atoms with Gasteiger partial charge in [0.2, 0.25) is 0 Å². The Bertz CT molecular complexity index is 747. The second-order valence-electron chi connectivity index (χ2n) is 4.62. The van der Waals surface area contributed by atoms with Crippen LogP contribution >= 0.6 is 0 Å². The number of benzene rings is 1. The van der Waals surface area contributed by atoms with Crippen molar-refractivity contribution in [2.24, 2.45) is 0 Å². The second-order valence-corrected chi connectivity index (χ2v) is 4.62. The Labute approximate surface area is 121 Å². The van der Waals surface area contributed by atoms with Gasteiger partial charge < -0.3 is 0 Å². The van der Waals surface area contributed by atoms with Crippen LogP contribution in [0.5, 0.6) is 0 Å². The number of hydrogen-bond donors (Lipinski definition) is 0. The first-order valence-corrected chi connectivity index (χ1v) is 6.68. The van der Waals surface area contributed by atoms with Gasteiger partial charge >= 0.3 is 0 Å². The average molecular weight is 282 g/mol. The summed E-state index contributed by atoms with van der Waals surface area (Å²) in [7, 11) is 0. The van der Waals surface area contributed by atoms with Crippen molar-refractivity contribution in [3.63, 3.8) is 0 Å². The average Bonchev–Trinajstić information content (AvgIpc) is 3.17. The van der Waals surface area contributed by atoms with Gasteiger partial charge in [0.15, 0.2) is 6.29 Å². The van der Waals surface area contributed by atoms with E-state index in [2.05, 4.69) is 27.5 Å². The summed E-state index contributed by atoms with van der Waals surface area (Å²) >= 11 is 0. The molecule has 0 bridgehead atoms. The highest BCUT2D eigenvalue weighted by Gasteiger charge is 2.11. The monoisotopic (exact) mass is 282 g/mol. The molecular formula is C14H14N6O. The maximum Gasteiger partial charge on any atom is 0.153 e. The third kappa shape index (κ3) is 2.58. The largest absolute Gasteiger partial charge is 0.298 e. The molecule has 0 spiro atoms. The summed E-state index contributed by atoms with van der Waals surface area (Å²) in [5, 5.41) is 15.6. The summed E-state index contributed by atoms with van der Waals surface area (Å²) in [5.74, 6) is 0. The number of hydrogen-bond acceptors (Lipinski definition) is 5. The van der Waals surface area contributed by atoms with Gasteiger partial charge in [0.05, 0.1) is 11.3 Å². The van der Waals surface area contributed by atoms with Crippen LogP contribution in [0.4, 0.5) is 0 Å². The van der Waals surface area contributed by atoms with E-state index in [1.54, 1.807) is 15.6 Å². The van der Waals surface area contributed by atoms with Gasteiger partial charge in [-0.05, 0) is 29.0 Å². The molecule has 3 rings (SSSR count). The van der Waals surface area contributed by atoms with Crippen molar-refractivity contribution in [2.75, 3.05) is 0 Å². The van der Waals surface area contributed by atoms with E-state index in [1.807, 2.05) is 24.3 Å². The van der Waals surface area contributed by atoms with Crippen molar-refractivity contribution in [3.8, 4) is 16.9 Å². The van der Waals surface area contributed by atoms with E-state index < -0.39 is 0 Å². The van der Waals surface area contributed by atoms with Gasteiger partial charge in [0.25, 0.3) is 0 Å². The Morgan fingerprint density at radius 2 is 2.24 bits per heavy atom. The standard InChI is InChI=1S/C14H14N6O/c1-2-6-19-8-12(9-21)14(16-19)11-4-3-5-13(7-11)20-10-15-17-18-20/h3-5,7-10H,2,6H2,1H3. The molecule has 0 fully saturated rings. The van der Waals surface area contributed by atoms with Gasteiger partial charge in [-0.25, -0.2) is 4.68 Å². The normalized spacial score (nSPS) is 10.7. The molecule has 0 N–H and O–H groups in total. The zero-order chi connectivity index (χ0) is 14.7. The van der Waals surface area contributed by atoms with Gasteiger partial charge in [-0.1, -0.05) is 19.1 Å². The summed E-state index contributed by atoms with van der Waals surface area (Å²) in [6.45, 7) is 2.85. The van der Waals surface area contributed by atoms with Crippen molar-refractivity contribution < 1.29 is 4.79 Å². The predicted octanol–water partition coefficient (Wildman–Crippen LogP) is 1.75. The quantitative estimate of drug-likeness (QED) is 0.666. The fraction of sp³-hybridized carbons (Fsp3) is 0.214. The lowest BCUT2D eigenvalue weighted by Gasteiger charge is -2.03. The van der Waals surface area contributed by atoms with Crippen molar-refractivity contribution in [1.82, 2.24) is 30.0 Å². The maximum atomic E-state index is 11.2. The Morgan fingerprint density at radius 3 is 2.95 bits per heavy atom.